The summed E-state index contributed by atoms with van der Waals surface area (Å²) in [4.78, 5) is 20.6. The Morgan fingerprint density at radius 1 is 1.36 bits per heavy atom. The average molecular weight is 157 g/mol. The maximum absolute atomic E-state index is 10.5. The summed E-state index contributed by atoms with van der Waals surface area (Å²) in [6, 6.07) is 0. The van der Waals surface area contributed by atoms with Gasteiger partial charge < -0.3 is 9.47 Å². The largest absolute Gasteiger partial charge is 0.459 e. The number of hydrogen-bond acceptors (Lipinski definition) is 4. The second-order valence-electron chi connectivity index (χ2n) is 1.63. The highest BCUT2D eigenvalue weighted by atomic mass is 16.6. The zero-order valence-corrected chi connectivity index (χ0v) is 6.04. The first-order valence-corrected chi connectivity index (χ1v) is 2.92. The van der Waals surface area contributed by atoms with Crippen LogP contribution in [0.2, 0.25) is 0 Å². The highest BCUT2D eigenvalue weighted by molar-refractivity contribution is 5.78. The Hall–Kier alpha value is -1.32. The zero-order chi connectivity index (χ0) is 8.69. The Balaban J connectivity index is 3.37. The van der Waals surface area contributed by atoms with E-state index in [1.165, 1.54) is 6.08 Å². The molecule has 0 spiro atoms. The van der Waals surface area contributed by atoms with E-state index in [0.717, 1.165) is 0 Å². The second-order valence-corrected chi connectivity index (χ2v) is 1.63. The van der Waals surface area contributed by atoms with Gasteiger partial charge >= 0.3 is 11.9 Å². The predicted octanol–water partition coefficient (Wildman–Crippen LogP) is 0.0929. The molecular weight excluding hydrogens is 148 g/mol. The van der Waals surface area contributed by atoms with Crippen LogP contribution in [0.3, 0.4) is 0 Å². The minimum absolute atomic E-state index is 0.119. The second kappa shape index (κ2) is 5.46. The van der Waals surface area contributed by atoms with E-state index < -0.39 is 18.5 Å². The quantitative estimate of drug-likeness (QED) is 0.428. The molecule has 0 saturated carbocycles. The van der Waals surface area contributed by atoms with Gasteiger partial charge in [0.1, 0.15) is 6.61 Å². The Kier molecular flexibility index (Phi) is 4.81. The first-order chi connectivity index (χ1) is 5.16. The van der Waals surface area contributed by atoms with Crippen molar-refractivity contribution in [2.75, 3.05) is 13.2 Å². The van der Waals surface area contributed by atoms with Gasteiger partial charge in [-0.15, -0.1) is 0 Å². The lowest BCUT2D eigenvalue weighted by Crippen LogP contribution is -2.14. The van der Waals surface area contributed by atoms with Crippen molar-refractivity contribution in [3.8, 4) is 0 Å². The van der Waals surface area contributed by atoms with Gasteiger partial charge in [-0.1, -0.05) is 12.7 Å². The third kappa shape index (κ3) is 6.57. The Morgan fingerprint density at radius 2 is 2.00 bits per heavy atom. The third-order valence-corrected chi connectivity index (χ3v) is 0.713. The molecule has 0 aliphatic heterocycles. The van der Waals surface area contributed by atoms with Crippen molar-refractivity contribution in [3.05, 3.63) is 19.6 Å². The summed E-state index contributed by atoms with van der Waals surface area (Å²) in [5.41, 5.74) is 0. The van der Waals surface area contributed by atoms with Crippen molar-refractivity contribution in [3.63, 3.8) is 0 Å². The molecule has 0 aromatic heterocycles. The molecular formula is C7H9O4. The lowest BCUT2D eigenvalue weighted by atomic mass is 10.6. The Bertz CT molecular complexity index is 162. The van der Waals surface area contributed by atoms with Gasteiger partial charge in [-0.05, 0) is 0 Å². The summed E-state index contributed by atoms with van der Waals surface area (Å²) in [5.74, 6) is -1.36. The van der Waals surface area contributed by atoms with Gasteiger partial charge in [-0.3, -0.25) is 4.79 Å². The van der Waals surface area contributed by atoms with Gasteiger partial charge in [-0.25, -0.2) is 4.79 Å². The smallest absolute Gasteiger partial charge is 0.344 e. The molecule has 4 nitrogen and oxygen atoms in total. The molecule has 0 aromatic rings. The normalized spacial score (nSPS) is 8.45. The molecule has 1 radical (unpaired) electrons. The fourth-order valence-corrected chi connectivity index (χ4v) is 0.333. The van der Waals surface area contributed by atoms with E-state index in [1.807, 2.05) is 0 Å². The molecule has 61 valence electrons. The molecule has 4 heteroatoms. The van der Waals surface area contributed by atoms with Crippen molar-refractivity contribution in [1.29, 1.82) is 0 Å². The number of carbonyl (C=O) groups is 2. The van der Waals surface area contributed by atoms with Crippen LogP contribution in [0.15, 0.2) is 12.7 Å². The van der Waals surface area contributed by atoms with Crippen LogP contribution in [0.4, 0.5) is 0 Å². The van der Waals surface area contributed by atoms with Gasteiger partial charge in [0.05, 0.1) is 6.92 Å². The molecule has 0 heterocycles. The highest BCUT2D eigenvalue weighted by Gasteiger charge is 2.02. The minimum Gasteiger partial charge on any atom is -0.459 e. The first kappa shape index (κ1) is 9.68. The number of hydrogen-bond donors (Lipinski definition) is 0. The summed E-state index contributed by atoms with van der Waals surface area (Å²) >= 11 is 0. The van der Waals surface area contributed by atoms with Crippen molar-refractivity contribution in [1.82, 2.24) is 0 Å². The van der Waals surface area contributed by atoms with Crippen LogP contribution in [0.5, 0.6) is 0 Å². The topological polar surface area (TPSA) is 52.6 Å². The first-order valence-electron chi connectivity index (χ1n) is 2.92. The van der Waals surface area contributed by atoms with Gasteiger partial charge in [0.2, 0.25) is 0 Å². The number of esters is 2. The fraction of sp³-hybridized carbons (Fsp3) is 0.286. The van der Waals surface area contributed by atoms with Crippen LogP contribution in [0.1, 0.15) is 0 Å². The Labute approximate surface area is 64.8 Å². The standard InChI is InChI=1S/C7H9O4/c1-3-4-10-7(9)5-11-6(2)8/h3H,1-2,4-5H2. The van der Waals surface area contributed by atoms with Crippen molar-refractivity contribution >= 4 is 11.9 Å². The van der Waals surface area contributed by atoms with Crippen LogP contribution in [0, 0.1) is 6.92 Å². The van der Waals surface area contributed by atoms with Crippen molar-refractivity contribution in [2.45, 2.75) is 0 Å². The van der Waals surface area contributed by atoms with E-state index >= 15 is 0 Å². The molecule has 0 aromatic carbocycles. The van der Waals surface area contributed by atoms with E-state index in [9.17, 15) is 9.59 Å². The molecule has 0 N–H and O–H groups in total. The lowest BCUT2D eigenvalue weighted by Gasteiger charge is -2.00. The van der Waals surface area contributed by atoms with Gasteiger partial charge in [0.25, 0.3) is 0 Å². The molecule has 0 bridgehead atoms. The molecule has 0 fully saturated rings. The molecule has 0 aliphatic rings. The van der Waals surface area contributed by atoms with E-state index in [1.54, 1.807) is 0 Å². The molecule has 0 atom stereocenters. The summed E-state index contributed by atoms with van der Waals surface area (Å²) in [5, 5.41) is 0. The average Bonchev–Trinajstić information content (AvgIpc) is 1.97. The van der Waals surface area contributed by atoms with Gasteiger partial charge in [0.15, 0.2) is 6.61 Å². The lowest BCUT2D eigenvalue weighted by molar-refractivity contribution is -0.155. The van der Waals surface area contributed by atoms with Gasteiger partial charge in [0, 0.05) is 0 Å². The van der Waals surface area contributed by atoms with Crippen LogP contribution in [0.25, 0.3) is 0 Å². The van der Waals surface area contributed by atoms with Crippen molar-refractivity contribution in [2.24, 2.45) is 0 Å². The highest BCUT2D eigenvalue weighted by Crippen LogP contribution is 1.82. The SMILES string of the molecule is [CH2]C(=O)OCC(=O)OCC=C. The van der Waals surface area contributed by atoms with Crippen LogP contribution in [-0.4, -0.2) is 25.2 Å². The zero-order valence-electron chi connectivity index (χ0n) is 6.04. The van der Waals surface area contributed by atoms with E-state index in [4.69, 9.17) is 0 Å². The third-order valence-electron chi connectivity index (χ3n) is 0.713. The molecule has 0 aliphatic carbocycles. The number of rotatable bonds is 4. The maximum atomic E-state index is 10.5. The molecule has 0 rings (SSSR count). The van der Waals surface area contributed by atoms with E-state index in [2.05, 4.69) is 23.0 Å². The predicted molar refractivity (Wildman–Crippen MR) is 37.5 cm³/mol. The molecule has 11 heavy (non-hydrogen) atoms. The monoisotopic (exact) mass is 157 g/mol. The van der Waals surface area contributed by atoms with E-state index in [0.29, 0.717) is 0 Å². The van der Waals surface area contributed by atoms with Gasteiger partial charge in [-0.2, -0.15) is 0 Å². The summed E-state index contributed by atoms with van der Waals surface area (Å²) < 4.78 is 8.72. The minimum atomic E-state index is -0.749. The molecule has 0 saturated heterocycles. The summed E-state index contributed by atoms with van der Waals surface area (Å²) in [6.45, 7) is 5.96. The summed E-state index contributed by atoms with van der Waals surface area (Å²) in [7, 11) is 0. The number of carbonyl (C=O) groups excluding carboxylic acids is 2. The molecule has 0 unspecified atom stereocenters. The maximum Gasteiger partial charge on any atom is 0.344 e. The van der Waals surface area contributed by atoms with Crippen LogP contribution in [-0.2, 0) is 19.1 Å². The Morgan fingerprint density at radius 3 is 2.45 bits per heavy atom. The van der Waals surface area contributed by atoms with Crippen molar-refractivity contribution < 1.29 is 19.1 Å². The summed E-state index contributed by atoms with van der Waals surface area (Å²) in [6.07, 6.45) is 1.42. The fourth-order valence-electron chi connectivity index (χ4n) is 0.333. The van der Waals surface area contributed by atoms with Crippen LogP contribution >= 0.6 is 0 Å². The van der Waals surface area contributed by atoms with Crippen LogP contribution < -0.4 is 0 Å². The van der Waals surface area contributed by atoms with E-state index in [-0.39, 0.29) is 6.61 Å². The number of ether oxygens (including phenoxy) is 2. The molecule has 0 amide bonds.